The van der Waals surface area contributed by atoms with Gasteiger partial charge in [-0.25, -0.2) is 4.98 Å². The van der Waals surface area contributed by atoms with Crippen LogP contribution in [0.15, 0.2) is 14.9 Å². The number of nitrogens with zero attached hydrogens (tertiary/aromatic N) is 5. The molecule has 2 aliphatic heterocycles. The number of thiazole rings is 1. The SMILES string of the molecule is CON=C(C(=O)NC1C(=O)N2CC(CSc3nnc(CN)s3)(C(=O)O)CS[C@H]12)c1csc(NC=O)n1. The van der Waals surface area contributed by atoms with Crippen LogP contribution in [-0.4, -0.2) is 91.7 Å². The molecule has 192 valence electrons. The van der Waals surface area contributed by atoms with Crippen molar-refractivity contribution in [2.75, 3.05) is 30.5 Å². The van der Waals surface area contributed by atoms with Crippen LogP contribution in [0.4, 0.5) is 5.13 Å². The van der Waals surface area contributed by atoms with Crippen LogP contribution in [0.3, 0.4) is 0 Å². The zero-order valence-electron chi connectivity index (χ0n) is 18.6. The average molecular weight is 573 g/mol. The summed E-state index contributed by atoms with van der Waals surface area (Å²) < 4.78 is 0.613. The molecule has 2 aromatic rings. The van der Waals surface area contributed by atoms with Gasteiger partial charge in [0.2, 0.25) is 12.3 Å². The third-order valence-electron chi connectivity index (χ3n) is 5.31. The Bertz CT molecular complexity index is 1200. The van der Waals surface area contributed by atoms with E-state index in [2.05, 4.69) is 31.0 Å². The maximum atomic E-state index is 12.9. The predicted molar refractivity (Wildman–Crippen MR) is 134 cm³/mol. The number of thioether (sulfide) groups is 2. The molecule has 0 saturated carbocycles. The Morgan fingerprint density at radius 1 is 1.47 bits per heavy atom. The first kappa shape index (κ1) is 26.3. The fourth-order valence-electron chi connectivity index (χ4n) is 3.49. The maximum Gasteiger partial charge on any atom is 0.313 e. The van der Waals surface area contributed by atoms with Gasteiger partial charge in [-0.2, -0.15) is 0 Å². The molecule has 0 spiro atoms. The van der Waals surface area contributed by atoms with Gasteiger partial charge in [-0.3, -0.25) is 19.2 Å². The van der Waals surface area contributed by atoms with Gasteiger partial charge < -0.3 is 31.2 Å². The van der Waals surface area contributed by atoms with Gasteiger partial charge in [0.15, 0.2) is 15.2 Å². The molecule has 5 N–H and O–H groups in total. The number of aromatic nitrogens is 3. The molecule has 36 heavy (non-hydrogen) atoms. The molecule has 4 rings (SSSR count). The molecule has 0 radical (unpaired) electrons. The Morgan fingerprint density at radius 3 is 2.94 bits per heavy atom. The number of fused-ring (bicyclic) bond motifs is 1. The summed E-state index contributed by atoms with van der Waals surface area (Å²) in [5.41, 5.74) is 4.38. The molecular formula is C18H20N8O6S4. The van der Waals surface area contributed by atoms with Crippen molar-refractivity contribution in [3.8, 4) is 0 Å². The average Bonchev–Trinajstić information content (AvgIpc) is 3.54. The quantitative estimate of drug-likeness (QED) is 0.0896. The molecule has 2 aromatic heterocycles. The largest absolute Gasteiger partial charge is 0.481 e. The van der Waals surface area contributed by atoms with E-state index in [4.69, 9.17) is 10.6 Å². The van der Waals surface area contributed by atoms with Gasteiger partial charge in [0.1, 0.15) is 34.6 Å². The van der Waals surface area contributed by atoms with Crippen molar-refractivity contribution < 1.29 is 29.1 Å². The summed E-state index contributed by atoms with van der Waals surface area (Å²) in [6.07, 6.45) is 0.457. The van der Waals surface area contributed by atoms with Crippen LogP contribution < -0.4 is 16.4 Å². The molecule has 3 atom stereocenters. The lowest BCUT2D eigenvalue weighted by atomic mass is 9.89. The van der Waals surface area contributed by atoms with Crippen LogP contribution in [0.25, 0.3) is 0 Å². The highest BCUT2D eigenvalue weighted by Crippen LogP contribution is 2.44. The van der Waals surface area contributed by atoms with Crippen LogP contribution >= 0.6 is 46.2 Å². The minimum absolute atomic E-state index is 0.00653. The summed E-state index contributed by atoms with van der Waals surface area (Å²) in [4.78, 5) is 59.0. The highest BCUT2D eigenvalue weighted by molar-refractivity contribution is 8.01. The molecule has 3 amide bonds. The van der Waals surface area contributed by atoms with E-state index in [1.54, 1.807) is 0 Å². The predicted octanol–water partition coefficient (Wildman–Crippen LogP) is -0.365. The van der Waals surface area contributed by atoms with E-state index in [9.17, 15) is 24.3 Å². The molecule has 0 aromatic carbocycles. The van der Waals surface area contributed by atoms with Crippen molar-refractivity contribution in [3.63, 3.8) is 0 Å². The monoisotopic (exact) mass is 572 g/mol. The highest BCUT2D eigenvalue weighted by Gasteiger charge is 2.57. The number of rotatable bonds is 11. The Hall–Kier alpha value is -2.80. The number of anilines is 1. The summed E-state index contributed by atoms with van der Waals surface area (Å²) in [7, 11) is 1.26. The minimum atomic E-state index is -1.18. The lowest BCUT2D eigenvalue weighted by Gasteiger charge is -2.53. The van der Waals surface area contributed by atoms with Gasteiger partial charge in [-0.1, -0.05) is 28.3 Å². The summed E-state index contributed by atoms with van der Waals surface area (Å²) >= 11 is 4.95. The number of oxime groups is 1. The third kappa shape index (κ3) is 5.17. The Balaban J connectivity index is 1.41. The van der Waals surface area contributed by atoms with E-state index < -0.39 is 34.6 Å². The number of carboxylic acid groups (broad SMARTS) is 1. The second-order valence-corrected chi connectivity index (χ2v) is 11.8. The highest BCUT2D eigenvalue weighted by atomic mass is 32.2. The van der Waals surface area contributed by atoms with Crippen molar-refractivity contribution >= 4 is 81.2 Å². The molecule has 4 heterocycles. The third-order valence-corrected chi connectivity index (χ3v) is 10.0. The van der Waals surface area contributed by atoms with Gasteiger partial charge in [0, 0.05) is 30.0 Å². The first-order chi connectivity index (χ1) is 17.3. The number of amides is 3. The van der Waals surface area contributed by atoms with E-state index in [1.807, 2.05) is 0 Å². The van der Waals surface area contributed by atoms with Gasteiger partial charge in [0.25, 0.3) is 5.91 Å². The first-order valence-corrected chi connectivity index (χ1v) is 13.9. The van der Waals surface area contributed by atoms with Crippen molar-refractivity contribution in [1.29, 1.82) is 0 Å². The molecule has 2 fully saturated rings. The fourth-order valence-corrected chi connectivity index (χ4v) is 7.78. The minimum Gasteiger partial charge on any atom is -0.481 e. The maximum absolute atomic E-state index is 12.9. The van der Waals surface area contributed by atoms with E-state index in [0.29, 0.717) is 15.8 Å². The Kier molecular flexibility index (Phi) is 8.08. The summed E-state index contributed by atoms with van der Waals surface area (Å²) in [5, 5.41) is 28.7. The lowest BCUT2D eigenvalue weighted by Crippen LogP contribution is -2.74. The molecule has 14 nitrogen and oxygen atoms in total. The first-order valence-electron chi connectivity index (χ1n) is 10.2. The topological polar surface area (TPSA) is 202 Å². The Labute approximate surface area is 220 Å². The second kappa shape index (κ2) is 11.1. The van der Waals surface area contributed by atoms with E-state index in [-0.39, 0.29) is 41.1 Å². The summed E-state index contributed by atoms with van der Waals surface area (Å²) in [5.74, 6) is -1.65. The fraction of sp³-hybridized carbons (Fsp3) is 0.444. The van der Waals surface area contributed by atoms with Crippen LogP contribution in [0.1, 0.15) is 10.7 Å². The van der Waals surface area contributed by atoms with E-state index in [0.717, 1.165) is 11.3 Å². The number of hydrogen-bond donors (Lipinski definition) is 4. The number of carboxylic acids is 1. The standard InChI is InChI=1S/C18H20N8O6S4/c1-32-25-10(8-3-33-16(21-8)20-7-27)12(28)22-11-13(29)26-4-18(15(30)31,5-34-14(11)26)6-35-17-24-23-9(2-19)36-17/h3,7,11,14H,2,4-6,19H2,1H3,(H,22,28)(H,30,31)(H,20,21,27)/t11?,14-,18?/m1/s1. The number of carbonyl (C=O) groups is 4. The second-order valence-electron chi connectivity index (χ2n) is 7.58. The smallest absolute Gasteiger partial charge is 0.313 e. The van der Waals surface area contributed by atoms with Gasteiger partial charge in [0.05, 0.1) is 0 Å². The molecule has 18 heteroatoms. The van der Waals surface area contributed by atoms with Gasteiger partial charge in [-0.05, 0) is 0 Å². The number of nitrogens with two attached hydrogens (primary N) is 1. The van der Waals surface area contributed by atoms with Crippen molar-refractivity contribution in [3.05, 3.63) is 16.1 Å². The molecule has 2 aliphatic rings. The molecule has 0 bridgehead atoms. The van der Waals surface area contributed by atoms with Gasteiger partial charge in [-0.15, -0.1) is 33.3 Å². The number of carbonyl (C=O) groups excluding carboxylic acids is 3. The Morgan fingerprint density at radius 2 is 2.28 bits per heavy atom. The summed E-state index contributed by atoms with van der Waals surface area (Å²) in [6.45, 7) is 0.262. The van der Waals surface area contributed by atoms with Crippen LogP contribution in [0.2, 0.25) is 0 Å². The molecule has 0 aliphatic carbocycles. The number of hydrogen-bond acceptors (Lipinski definition) is 14. The number of β-lactam (4-membered cyclic amide) rings is 1. The molecular weight excluding hydrogens is 553 g/mol. The van der Waals surface area contributed by atoms with Crippen molar-refractivity contribution in [2.24, 2.45) is 16.3 Å². The zero-order chi connectivity index (χ0) is 25.9. The van der Waals surface area contributed by atoms with Gasteiger partial charge >= 0.3 is 5.97 Å². The van der Waals surface area contributed by atoms with E-state index >= 15 is 0 Å². The van der Waals surface area contributed by atoms with Crippen LogP contribution in [0.5, 0.6) is 0 Å². The van der Waals surface area contributed by atoms with Crippen molar-refractivity contribution in [1.82, 2.24) is 25.4 Å². The molecule has 2 saturated heterocycles. The van der Waals surface area contributed by atoms with Crippen LogP contribution in [-0.2, 0) is 30.6 Å². The van der Waals surface area contributed by atoms with Crippen molar-refractivity contribution in [2.45, 2.75) is 22.3 Å². The summed E-state index contributed by atoms with van der Waals surface area (Å²) in [6, 6.07) is -0.856. The number of aliphatic carboxylic acids is 1. The lowest BCUT2D eigenvalue weighted by molar-refractivity contribution is -0.157. The zero-order valence-corrected chi connectivity index (χ0v) is 21.8. The number of nitrogens with one attached hydrogen (secondary N) is 2. The van der Waals surface area contributed by atoms with E-state index in [1.165, 1.54) is 52.3 Å². The molecule has 2 unspecified atom stereocenters. The normalized spacial score (nSPS) is 23.4. The van der Waals surface area contributed by atoms with Crippen LogP contribution in [0, 0.1) is 5.41 Å².